The predicted octanol–water partition coefficient (Wildman–Crippen LogP) is 2.12. The summed E-state index contributed by atoms with van der Waals surface area (Å²) >= 11 is 0. The average Bonchev–Trinajstić information content (AvgIpc) is 2.68. The molecule has 144 valence electrons. The van der Waals surface area contributed by atoms with Crippen molar-refractivity contribution in [2.45, 2.75) is 39.7 Å². The summed E-state index contributed by atoms with van der Waals surface area (Å²) in [5, 5.41) is 0. The minimum absolute atomic E-state index is 0.167. The molecule has 1 amide bonds. The van der Waals surface area contributed by atoms with Crippen LogP contribution in [0.2, 0.25) is 0 Å². The maximum Gasteiger partial charge on any atom is 0.230 e. The highest BCUT2D eigenvalue weighted by molar-refractivity contribution is 5.83. The molecule has 0 radical (unpaired) electrons. The Kier molecular flexibility index (Phi) is 6.04. The van der Waals surface area contributed by atoms with E-state index in [1.165, 1.54) is 5.56 Å². The van der Waals surface area contributed by atoms with Gasteiger partial charge in [0.1, 0.15) is 0 Å². The van der Waals surface area contributed by atoms with E-state index in [2.05, 4.69) is 6.07 Å². The van der Waals surface area contributed by atoms with Crippen LogP contribution in [0.25, 0.3) is 0 Å². The van der Waals surface area contributed by atoms with Crippen molar-refractivity contribution in [2.24, 2.45) is 11.1 Å². The van der Waals surface area contributed by atoms with Gasteiger partial charge in [0.25, 0.3) is 0 Å². The van der Waals surface area contributed by atoms with E-state index in [0.717, 1.165) is 23.5 Å². The minimum atomic E-state index is -0.468. The van der Waals surface area contributed by atoms with Gasteiger partial charge < -0.3 is 24.8 Å². The molecule has 2 aliphatic rings. The highest BCUT2D eigenvalue weighted by Gasteiger charge is 2.42. The molecule has 0 bridgehead atoms. The predicted molar refractivity (Wildman–Crippen MR) is 99.4 cm³/mol. The standard InChI is InChI=1S/C20H30N2O4/c1-3-25-17-11-15-5-8-22(13-16(15)12-18(17)26-4-2)19(23)20(14-21)6-9-24-10-7-20/h11-12H,3-10,13-14,21H2,1-2H3. The second kappa shape index (κ2) is 8.27. The van der Waals surface area contributed by atoms with E-state index in [0.29, 0.717) is 58.9 Å². The second-order valence-corrected chi connectivity index (χ2v) is 7.01. The zero-order valence-electron chi connectivity index (χ0n) is 15.9. The molecule has 2 aliphatic heterocycles. The summed E-state index contributed by atoms with van der Waals surface area (Å²) in [5.41, 5.74) is 7.92. The van der Waals surface area contributed by atoms with E-state index in [1.54, 1.807) is 0 Å². The number of hydrogen-bond acceptors (Lipinski definition) is 5. The first kappa shape index (κ1) is 19.0. The quantitative estimate of drug-likeness (QED) is 0.839. The summed E-state index contributed by atoms with van der Waals surface area (Å²) in [6.07, 6.45) is 2.24. The number of ether oxygens (including phenoxy) is 3. The Morgan fingerprint density at radius 2 is 1.77 bits per heavy atom. The highest BCUT2D eigenvalue weighted by Crippen LogP contribution is 2.37. The Morgan fingerprint density at radius 1 is 1.15 bits per heavy atom. The van der Waals surface area contributed by atoms with Crippen LogP contribution in [0.15, 0.2) is 12.1 Å². The Bertz CT molecular complexity index is 641. The summed E-state index contributed by atoms with van der Waals surface area (Å²) in [6, 6.07) is 4.10. The molecule has 0 unspecified atom stereocenters. The van der Waals surface area contributed by atoms with Crippen LogP contribution in [0.5, 0.6) is 11.5 Å². The number of hydrogen-bond donors (Lipinski definition) is 1. The number of benzene rings is 1. The lowest BCUT2D eigenvalue weighted by Gasteiger charge is -2.40. The maximum absolute atomic E-state index is 13.2. The lowest BCUT2D eigenvalue weighted by Crippen LogP contribution is -2.51. The molecule has 26 heavy (non-hydrogen) atoms. The minimum Gasteiger partial charge on any atom is -0.490 e. The van der Waals surface area contributed by atoms with Crippen LogP contribution in [0, 0.1) is 5.41 Å². The molecule has 0 atom stereocenters. The molecule has 3 rings (SSSR count). The molecule has 1 aromatic rings. The number of rotatable bonds is 6. The van der Waals surface area contributed by atoms with Crippen LogP contribution in [-0.2, 0) is 22.5 Å². The van der Waals surface area contributed by atoms with E-state index >= 15 is 0 Å². The fourth-order valence-corrected chi connectivity index (χ4v) is 3.88. The smallest absolute Gasteiger partial charge is 0.230 e. The topological polar surface area (TPSA) is 74.0 Å². The van der Waals surface area contributed by atoms with Gasteiger partial charge in [0.15, 0.2) is 11.5 Å². The van der Waals surface area contributed by atoms with Gasteiger partial charge in [-0.15, -0.1) is 0 Å². The lowest BCUT2D eigenvalue weighted by atomic mass is 9.78. The number of nitrogens with zero attached hydrogens (tertiary/aromatic N) is 1. The molecule has 2 N–H and O–H groups in total. The van der Waals surface area contributed by atoms with Crippen molar-refractivity contribution in [1.29, 1.82) is 0 Å². The van der Waals surface area contributed by atoms with Gasteiger partial charge in [-0.25, -0.2) is 0 Å². The molecule has 0 aliphatic carbocycles. The van der Waals surface area contributed by atoms with Crippen molar-refractivity contribution >= 4 is 5.91 Å². The van der Waals surface area contributed by atoms with Crippen LogP contribution in [0.1, 0.15) is 37.8 Å². The van der Waals surface area contributed by atoms with Crippen LogP contribution in [0.3, 0.4) is 0 Å². The molecular weight excluding hydrogens is 332 g/mol. The summed E-state index contributed by atoms with van der Waals surface area (Å²) in [6.45, 7) is 8.03. The first-order chi connectivity index (χ1) is 12.6. The molecule has 0 spiro atoms. The molecule has 1 fully saturated rings. The largest absolute Gasteiger partial charge is 0.490 e. The third-order valence-corrected chi connectivity index (χ3v) is 5.46. The van der Waals surface area contributed by atoms with Crippen molar-refractivity contribution in [3.63, 3.8) is 0 Å². The SMILES string of the molecule is CCOc1cc2c(cc1OCC)CN(C(=O)C1(CN)CCOCC1)CC2. The number of amides is 1. The van der Waals surface area contributed by atoms with Gasteiger partial charge in [-0.1, -0.05) is 0 Å². The molecule has 6 nitrogen and oxygen atoms in total. The Hall–Kier alpha value is -1.79. The fraction of sp³-hybridized carbons (Fsp3) is 0.650. The zero-order chi connectivity index (χ0) is 18.6. The Balaban J connectivity index is 1.82. The molecule has 2 heterocycles. The first-order valence-corrected chi connectivity index (χ1v) is 9.62. The fourth-order valence-electron chi connectivity index (χ4n) is 3.88. The second-order valence-electron chi connectivity index (χ2n) is 7.01. The van der Waals surface area contributed by atoms with E-state index < -0.39 is 5.41 Å². The molecule has 0 aromatic heterocycles. The lowest BCUT2D eigenvalue weighted by molar-refractivity contribution is -0.148. The van der Waals surface area contributed by atoms with Crippen LogP contribution < -0.4 is 15.2 Å². The maximum atomic E-state index is 13.2. The van der Waals surface area contributed by atoms with Gasteiger partial charge in [0.2, 0.25) is 5.91 Å². The Morgan fingerprint density at radius 3 is 2.35 bits per heavy atom. The summed E-state index contributed by atoms with van der Waals surface area (Å²) in [5.74, 6) is 1.71. The number of nitrogens with two attached hydrogens (primary N) is 1. The van der Waals surface area contributed by atoms with Gasteiger partial charge in [-0.05, 0) is 56.4 Å². The molecule has 1 saturated heterocycles. The third kappa shape index (κ3) is 3.67. The van der Waals surface area contributed by atoms with E-state index in [-0.39, 0.29) is 5.91 Å². The molecular formula is C20H30N2O4. The van der Waals surface area contributed by atoms with Gasteiger partial charge in [0.05, 0.1) is 18.6 Å². The van der Waals surface area contributed by atoms with Crippen molar-refractivity contribution in [3.05, 3.63) is 23.3 Å². The van der Waals surface area contributed by atoms with Gasteiger partial charge in [-0.2, -0.15) is 0 Å². The van der Waals surface area contributed by atoms with Crippen molar-refractivity contribution in [2.75, 3.05) is 39.5 Å². The summed E-state index contributed by atoms with van der Waals surface area (Å²) < 4.78 is 16.9. The van der Waals surface area contributed by atoms with E-state index in [9.17, 15) is 4.79 Å². The Labute approximate surface area is 155 Å². The molecule has 1 aromatic carbocycles. The highest BCUT2D eigenvalue weighted by atomic mass is 16.5. The average molecular weight is 362 g/mol. The summed E-state index contributed by atoms with van der Waals surface area (Å²) in [7, 11) is 0. The first-order valence-electron chi connectivity index (χ1n) is 9.62. The number of carbonyl (C=O) groups excluding carboxylic acids is 1. The van der Waals surface area contributed by atoms with Crippen LogP contribution >= 0.6 is 0 Å². The monoisotopic (exact) mass is 362 g/mol. The van der Waals surface area contributed by atoms with Gasteiger partial charge in [-0.3, -0.25) is 4.79 Å². The van der Waals surface area contributed by atoms with Gasteiger partial charge in [0, 0.05) is 32.8 Å². The van der Waals surface area contributed by atoms with Gasteiger partial charge >= 0.3 is 0 Å². The van der Waals surface area contributed by atoms with Crippen molar-refractivity contribution < 1.29 is 19.0 Å². The third-order valence-electron chi connectivity index (χ3n) is 5.46. The summed E-state index contributed by atoms with van der Waals surface area (Å²) in [4.78, 5) is 15.2. The normalized spacial score (nSPS) is 19.0. The van der Waals surface area contributed by atoms with E-state index in [1.807, 2.05) is 24.8 Å². The molecule has 6 heteroatoms. The number of carbonyl (C=O) groups is 1. The van der Waals surface area contributed by atoms with Crippen LogP contribution in [0.4, 0.5) is 0 Å². The van der Waals surface area contributed by atoms with Crippen molar-refractivity contribution in [3.8, 4) is 11.5 Å². The van der Waals surface area contributed by atoms with Crippen LogP contribution in [-0.4, -0.2) is 50.3 Å². The van der Waals surface area contributed by atoms with Crippen molar-refractivity contribution in [1.82, 2.24) is 4.90 Å². The number of fused-ring (bicyclic) bond motifs is 1. The molecule has 0 saturated carbocycles. The van der Waals surface area contributed by atoms with E-state index in [4.69, 9.17) is 19.9 Å². The zero-order valence-corrected chi connectivity index (χ0v) is 15.9.